The molecule has 0 fully saturated rings. The summed E-state index contributed by atoms with van der Waals surface area (Å²) >= 11 is 6.34. The summed E-state index contributed by atoms with van der Waals surface area (Å²) in [5.74, 6) is 0. The van der Waals surface area contributed by atoms with Crippen LogP contribution in [0.5, 0.6) is 0 Å². The minimum absolute atomic E-state index is 0.182. The first-order chi connectivity index (χ1) is 16.2. The first kappa shape index (κ1) is 19.5. The van der Waals surface area contributed by atoms with Crippen LogP contribution in [0.2, 0.25) is 5.28 Å². The van der Waals surface area contributed by atoms with Crippen LogP contribution in [0.25, 0.3) is 62.1 Å². The molecule has 0 unspecified atom stereocenters. The van der Waals surface area contributed by atoms with E-state index in [4.69, 9.17) is 16.0 Å². The molecule has 0 radical (unpaired) electrons. The van der Waals surface area contributed by atoms with Gasteiger partial charge in [-0.25, -0.2) is 9.97 Å². The molecule has 0 amide bonds. The summed E-state index contributed by atoms with van der Waals surface area (Å²) in [6, 6.07) is 24.2. The van der Waals surface area contributed by atoms with Crippen molar-refractivity contribution in [3.63, 3.8) is 0 Å². The molecule has 0 atom stereocenters. The maximum atomic E-state index is 6.34. The van der Waals surface area contributed by atoms with Crippen molar-refractivity contribution in [1.82, 2.24) is 14.5 Å². The number of fused-ring (bicyclic) bond motifs is 4. The van der Waals surface area contributed by atoms with Crippen LogP contribution in [0.1, 0.15) is 11.3 Å². The van der Waals surface area contributed by atoms with Crippen molar-refractivity contribution in [2.24, 2.45) is 0 Å². The summed E-state index contributed by atoms with van der Waals surface area (Å²) < 4.78 is 8.34. The first-order valence-electron chi connectivity index (χ1n) is 10.5. The first-order valence-corrected chi connectivity index (χ1v) is 10.9. The SMILES string of the molecule is C=Cc1c(C=C)n(-c2ccccc2)c2ccc(-c3nc(Cl)nc4c3oc3ccccc34)cc12. The summed E-state index contributed by atoms with van der Waals surface area (Å²) in [5.41, 5.74) is 7.72. The third-order valence-corrected chi connectivity index (χ3v) is 6.09. The molecule has 3 aromatic carbocycles. The molecule has 3 heterocycles. The third kappa shape index (κ3) is 2.92. The van der Waals surface area contributed by atoms with Crippen molar-refractivity contribution in [3.05, 3.63) is 102 Å². The second-order valence-electron chi connectivity index (χ2n) is 7.73. The van der Waals surface area contributed by atoms with Crippen molar-refractivity contribution in [2.45, 2.75) is 0 Å². The number of nitrogens with zero attached hydrogens (tertiary/aromatic N) is 3. The Morgan fingerprint density at radius 3 is 2.42 bits per heavy atom. The van der Waals surface area contributed by atoms with Crippen LogP contribution in [-0.2, 0) is 0 Å². The van der Waals surface area contributed by atoms with Gasteiger partial charge in [0.1, 0.15) is 16.8 Å². The van der Waals surface area contributed by atoms with Crippen molar-refractivity contribution < 1.29 is 4.42 Å². The molecule has 0 aliphatic rings. The molecule has 3 aromatic heterocycles. The highest BCUT2D eigenvalue weighted by Crippen LogP contribution is 2.38. The molecular formula is C28H18ClN3O. The zero-order valence-corrected chi connectivity index (χ0v) is 18.4. The highest BCUT2D eigenvalue weighted by Gasteiger charge is 2.19. The second kappa shape index (κ2) is 7.47. The number of hydrogen-bond donors (Lipinski definition) is 0. The molecule has 6 rings (SSSR count). The van der Waals surface area contributed by atoms with Gasteiger partial charge in [-0.05, 0) is 54.1 Å². The monoisotopic (exact) mass is 447 g/mol. The predicted octanol–water partition coefficient (Wildman–Crippen LogP) is 7.93. The van der Waals surface area contributed by atoms with Crippen molar-refractivity contribution in [2.75, 3.05) is 0 Å². The fourth-order valence-electron chi connectivity index (χ4n) is 4.51. The zero-order valence-electron chi connectivity index (χ0n) is 17.6. The Bertz CT molecular complexity index is 1710. The Morgan fingerprint density at radius 1 is 0.848 bits per heavy atom. The van der Waals surface area contributed by atoms with Crippen LogP contribution in [-0.4, -0.2) is 14.5 Å². The van der Waals surface area contributed by atoms with Gasteiger partial charge in [0.2, 0.25) is 5.28 Å². The fraction of sp³-hybridized carbons (Fsp3) is 0. The van der Waals surface area contributed by atoms with Crippen molar-refractivity contribution in [3.8, 4) is 16.9 Å². The molecule has 5 heteroatoms. The number of furan rings is 1. The number of halogens is 1. The molecule has 0 bridgehead atoms. The second-order valence-corrected chi connectivity index (χ2v) is 8.07. The van der Waals surface area contributed by atoms with E-state index in [0.29, 0.717) is 16.8 Å². The lowest BCUT2D eigenvalue weighted by Crippen LogP contribution is -1.96. The van der Waals surface area contributed by atoms with E-state index in [1.54, 1.807) is 0 Å². The lowest BCUT2D eigenvalue weighted by Gasteiger charge is -2.09. The number of aromatic nitrogens is 3. The largest absolute Gasteiger partial charge is 0.452 e. The smallest absolute Gasteiger partial charge is 0.223 e. The van der Waals surface area contributed by atoms with Crippen LogP contribution >= 0.6 is 11.6 Å². The molecule has 0 spiro atoms. The van der Waals surface area contributed by atoms with Crippen molar-refractivity contribution in [1.29, 1.82) is 0 Å². The summed E-state index contributed by atoms with van der Waals surface area (Å²) in [6.07, 6.45) is 3.73. The molecule has 0 saturated carbocycles. The van der Waals surface area contributed by atoms with Gasteiger partial charge in [-0.1, -0.05) is 55.6 Å². The van der Waals surface area contributed by atoms with Crippen LogP contribution in [0.4, 0.5) is 0 Å². The van der Waals surface area contributed by atoms with Crippen LogP contribution < -0.4 is 0 Å². The van der Waals surface area contributed by atoms with Gasteiger partial charge in [0.05, 0.1) is 11.2 Å². The van der Waals surface area contributed by atoms with Gasteiger partial charge in [0.25, 0.3) is 0 Å². The van der Waals surface area contributed by atoms with Gasteiger partial charge in [0.15, 0.2) is 5.58 Å². The highest BCUT2D eigenvalue weighted by atomic mass is 35.5. The van der Waals surface area contributed by atoms with Gasteiger partial charge in [-0.3, -0.25) is 0 Å². The fourth-order valence-corrected chi connectivity index (χ4v) is 4.68. The van der Waals surface area contributed by atoms with Crippen LogP contribution in [0.15, 0.2) is 90.4 Å². The highest BCUT2D eigenvalue weighted by molar-refractivity contribution is 6.29. The molecule has 0 aliphatic heterocycles. The van der Waals surface area contributed by atoms with Gasteiger partial charge in [0, 0.05) is 27.6 Å². The molecule has 158 valence electrons. The molecule has 0 N–H and O–H groups in total. The van der Waals surface area contributed by atoms with Gasteiger partial charge in [-0.15, -0.1) is 0 Å². The summed E-state index contributed by atoms with van der Waals surface area (Å²) in [5, 5.41) is 2.14. The van der Waals surface area contributed by atoms with E-state index in [0.717, 1.165) is 44.4 Å². The lowest BCUT2D eigenvalue weighted by atomic mass is 10.0. The lowest BCUT2D eigenvalue weighted by molar-refractivity contribution is 0.667. The van der Waals surface area contributed by atoms with E-state index >= 15 is 0 Å². The number of rotatable bonds is 4. The van der Waals surface area contributed by atoms with E-state index in [1.807, 2.05) is 60.7 Å². The molecular weight excluding hydrogens is 430 g/mol. The van der Waals surface area contributed by atoms with E-state index in [2.05, 4.69) is 52.0 Å². The zero-order chi connectivity index (χ0) is 22.5. The van der Waals surface area contributed by atoms with E-state index < -0.39 is 0 Å². The van der Waals surface area contributed by atoms with Crippen LogP contribution in [0.3, 0.4) is 0 Å². The molecule has 6 aromatic rings. The summed E-state index contributed by atoms with van der Waals surface area (Å²) in [6.45, 7) is 8.12. The Morgan fingerprint density at radius 2 is 1.64 bits per heavy atom. The maximum Gasteiger partial charge on any atom is 0.223 e. The predicted molar refractivity (Wildman–Crippen MR) is 137 cm³/mol. The van der Waals surface area contributed by atoms with Gasteiger partial charge < -0.3 is 8.98 Å². The minimum Gasteiger partial charge on any atom is -0.452 e. The van der Waals surface area contributed by atoms with Gasteiger partial charge >= 0.3 is 0 Å². The Labute approximate surface area is 195 Å². The average Bonchev–Trinajstić information content (AvgIpc) is 3.38. The Hall–Kier alpha value is -4.15. The molecule has 0 saturated heterocycles. The summed E-state index contributed by atoms with van der Waals surface area (Å²) in [7, 11) is 0. The number of hydrogen-bond acceptors (Lipinski definition) is 3. The molecule has 4 nitrogen and oxygen atoms in total. The van der Waals surface area contributed by atoms with E-state index in [-0.39, 0.29) is 5.28 Å². The standard InChI is InChI=1S/C28H18ClN3O/c1-3-19-21-16-17(14-15-23(21)32(22(19)4-2)18-10-6-5-7-11-18)25-27-26(31-28(29)30-25)20-12-8-9-13-24(20)33-27/h3-16H,1-2H2. The minimum atomic E-state index is 0.182. The van der Waals surface area contributed by atoms with Crippen molar-refractivity contribution >= 4 is 56.7 Å². The van der Waals surface area contributed by atoms with Gasteiger partial charge in [-0.2, -0.15) is 0 Å². The quantitative estimate of drug-likeness (QED) is 0.258. The number of benzene rings is 3. The maximum absolute atomic E-state index is 6.34. The Balaban J connectivity index is 1.67. The van der Waals surface area contributed by atoms with E-state index in [9.17, 15) is 0 Å². The molecule has 33 heavy (non-hydrogen) atoms. The topological polar surface area (TPSA) is 43.9 Å². The normalized spacial score (nSPS) is 11.4. The number of para-hydroxylation sites is 2. The van der Waals surface area contributed by atoms with Crippen LogP contribution in [0, 0.1) is 0 Å². The Kier molecular flexibility index (Phi) is 4.42. The summed E-state index contributed by atoms with van der Waals surface area (Å²) in [4.78, 5) is 8.99. The average molecular weight is 448 g/mol. The third-order valence-electron chi connectivity index (χ3n) is 5.92. The van der Waals surface area contributed by atoms with E-state index in [1.165, 1.54) is 0 Å². The molecule has 0 aliphatic carbocycles.